The number of esters is 1. The predicted octanol–water partition coefficient (Wildman–Crippen LogP) is 1.39. The molecule has 0 aliphatic rings. The lowest BCUT2D eigenvalue weighted by Gasteiger charge is -2.18. The highest BCUT2D eigenvalue weighted by molar-refractivity contribution is 5.89. The van der Waals surface area contributed by atoms with Crippen LogP contribution in [-0.2, 0) is 4.74 Å². The lowest BCUT2D eigenvalue weighted by atomic mass is 10.2. The van der Waals surface area contributed by atoms with Gasteiger partial charge in [0.2, 0.25) is 0 Å². The molecule has 0 aliphatic heterocycles. The lowest BCUT2D eigenvalue weighted by Crippen LogP contribution is -2.45. The first-order chi connectivity index (χ1) is 8.27. The largest absolute Gasteiger partial charge is 0.459 e. The first-order valence-corrected chi connectivity index (χ1v) is 5.96. The molecule has 0 spiro atoms. The number of carbonyl (C=O) groups excluding carboxylic acids is 1. The summed E-state index contributed by atoms with van der Waals surface area (Å²) in [6.45, 7) is 6.03. The predicted molar refractivity (Wildman–Crippen MR) is 67.9 cm³/mol. The fourth-order valence-electron chi connectivity index (χ4n) is 1.50. The van der Waals surface area contributed by atoms with Crippen molar-refractivity contribution < 1.29 is 9.53 Å². The Labute approximate surface area is 102 Å². The smallest absolute Gasteiger partial charge is 0.338 e. The van der Waals surface area contributed by atoms with Gasteiger partial charge in [0, 0.05) is 0 Å². The van der Waals surface area contributed by atoms with Crippen LogP contribution in [0.15, 0.2) is 30.3 Å². The van der Waals surface area contributed by atoms with Crippen molar-refractivity contribution in [3.63, 3.8) is 0 Å². The van der Waals surface area contributed by atoms with Gasteiger partial charge in [-0.1, -0.05) is 32.0 Å². The Bertz CT molecular complexity index is 321. The molecule has 0 atom stereocenters. The quantitative estimate of drug-likeness (QED) is 0.555. The Hall–Kier alpha value is -1.39. The summed E-state index contributed by atoms with van der Waals surface area (Å²) >= 11 is 0. The number of benzene rings is 1. The third kappa shape index (κ3) is 4.97. The van der Waals surface area contributed by atoms with Crippen LogP contribution in [0, 0.1) is 0 Å². The van der Waals surface area contributed by atoms with Crippen molar-refractivity contribution in [3.8, 4) is 0 Å². The van der Waals surface area contributed by atoms with E-state index in [4.69, 9.17) is 4.74 Å². The molecule has 0 fully saturated rings. The van der Waals surface area contributed by atoms with Crippen LogP contribution < -0.4 is 10.6 Å². The monoisotopic (exact) mass is 236 g/mol. The number of hydrogen-bond acceptors (Lipinski definition) is 4. The molecule has 0 aliphatic carbocycles. The summed E-state index contributed by atoms with van der Waals surface area (Å²) in [7, 11) is 0. The Balaban J connectivity index is 2.41. The molecule has 0 heterocycles. The zero-order chi connectivity index (χ0) is 12.5. The van der Waals surface area contributed by atoms with Crippen LogP contribution in [0.3, 0.4) is 0 Å². The number of ether oxygens (including phenoxy) is 1. The second-order valence-electron chi connectivity index (χ2n) is 3.63. The minimum atomic E-state index is -0.286. The van der Waals surface area contributed by atoms with E-state index in [0.29, 0.717) is 12.2 Å². The summed E-state index contributed by atoms with van der Waals surface area (Å²) in [6, 6.07) is 9.01. The fourth-order valence-corrected chi connectivity index (χ4v) is 1.50. The normalized spacial score (nSPS) is 10.5. The second-order valence-corrected chi connectivity index (χ2v) is 3.63. The maximum Gasteiger partial charge on any atom is 0.338 e. The van der Waals surface area contributed by atoms with Gasteiger partial charge in [-0.3, -0.25) is 10.6 Å². The van der Waals surface area contributed by atoms with Crippen LogP contribution >= 0.6 is 0 Å². The molecule has 0 aromatic heterocycles. The first kappa shape index (κ1) is 13.7. The van der Waals surface area contributed by atoms with Gasteiger partial charge >= 0.3 is 5.97 Å². The van der Waals surface area contributed by atoms with Crippen LogP contribution in [0.1, 0.15) is 24.2 Å². The highest BCUT2D eigenvalue weighted by Crippen LogP contribution is 2.01. The Kier molecular flexibility index (Phi) is 6.29. The van der Waals surface area contributed by atoms with Crippen molar-refractivity contribution in [3.05, 3.63) is 35.9 Å². The van der Waals surface area contributed by atoms with Gasteiger partial charge in [-0.25, -0.2) is 4.79 Å². The van der Waals surface area contributed by atoms with Gasteiger partial charge in [0.1, 0.15) is 6.61 Å². The minimum Gasteiger partial charge on any atom is -0.459 e. The van der Waals surface area contributed by atoms with E-state index < -0.39 is 0 Å². The summed E-state index contributed by atoms with van der Waals surface area (Å²) in [4.78, 5) is 11.7. The zero-order valence-corrected chi connectivity index (χ0v) is 10.4. The Morgan fingerprint density at radius 3 is 2.29 bits per heavy atom. The van der Waals surface area contributed by atoms with Gasteiger partial charge in [-0.2, -0.15) is 0 Å². The maximum absolute atomic E-state index is 11.7. The van der Waals surface area contributed by atoms with Crippen molar-refractivity contribution in [2.75, 3.05) is 19.7 Å². The zero-order valence-electron chi connectivity index (χ0n) is 10.4. The van der Waals surface area contributed by atoms with Gasteiger partial charge in [0.15, 0.2) is 0 Å². The maximum atomic E-state index is 11.7. The number of likely N-dealkylation sites (N-methyl/N-ethyl adjacent to an activating group) is 2. The summed E-state index contributed by atoms with van der Waals surface area (Å²) < 4.78 is 5.23. The van der Waals surface area contributed by atoms with Crippen LogP contribution in [-0.4, -0.2) is 31.8 Å². The Morgan fingerprint density at radius 2 is 1.76 bits per heavy atom. The van der Waals surface area contributed by atoms with Crippen LogP contribution in [0.4, 0.5) is 0 Å². The average Bonchev–Trinajstić information content (AvgIpc) is 2.37. The molecule has 0 amide bonds. The van der Waals surface area contributed by atoms with Crippen LogP contribution in [0.5, 0.6) is 0 Å². The molecule has 4 nitrogen and oxygen atoms in total. The molecule has 1 aromatic rings. The average molecular weight is 236 g/mol. The summed E-state index contributed by atoms with van der Waals surface area (Å²) in [5.41, 5.74) is 0.583. The van der Waals surface area contributed by atoms with Gasteiger partial charge in [0.25, 0.3) is 0 Å². The topological polar surface area (TPSA) is 50.4 Å². The molecule has 1 aromatic carbocycles. The third-order valence-electron chi connectivity index (χ3n) is 2.29. The first-order valence-electron chi connectivity index (χ1n) is 5.96. The van der Waals surface area contributed by atoms with Crippen molar-refractivity contribution in [1.29, 1.82) is 0 Å². The second kappa shape index (κ2) is 7.81. The molecule has 1 rings (SSSR count). The van der Waals surface area contributed by atoms with Crippen molar-refractivity contribution in [2.24, 2.45) is 0 Å². The van der Waals surface area contributed by atoms with E-state index in [1.807, 2.05) is 32.0 Å². The van der Waals surface area contributed by atoms with E-state index in [0.717, 1.165) is 13.1 Å². The van der Waals surface area contributed by atoms with E-state index in [1.54, 1.807) is 12.1 Å². The molecule has 0 bridgehead atoms. The van der Waals surface area contributed by atoms with Gasteiger partial charge in [0.05, 0.1) is 11.7 Å². The molecule has 4 heteroatoms. The molecule has 94 valence electrons. The Morgan fingerprint density at radius 1 is 1.18 bits per heavy atom. The number of rotatable bonds is 7. The van der Waals surface area contributed by atoms with Crippen molar-refractivity contribution in [1.82, 2.24) is 10.6 Å². The van der Waals surface area contributed by atoms with Crippen LogP contribution in [0.2, 0.25) is 0 Å². The molecule has 0 radical (unpaired) electrons. The molecular weight excluding hydrogens is 216 g/mol. The highest BCUT2D eigenvalue weighted by atomic mass is 16.5. The molecule has 17 heavy (non-hydrogen) atoms. The molecule has 0 saturated carbocycles. The lowest BCUT2D eigenvalue weighted by molar-refractivity contribution is 0.0448. The molecule has 2 N–H and O–H groups in total. The van der Waals surface area contributed by atoms with E-state index in [2.05, 4.69) is 10.6 Å². The molecule has 0 unspecified atom stereocenters. The molecular formula is C13H20N2O2. The number of carbonyl (C=O) groups is 1. The SMILES string of the molecule is CCNC(COC(=O)c1ccccc1)NCC. The van der Waals surface area contributed by atoms with E-state index >= 15 is 0 Å². The fraction of sp³-hybridized carbons (Fsp3) is 0.462. The standard InChI is InChI=1S/C13H20N2O2/c1-3-14-12(15-4-2)10-17-13(16)11-8-6-5-7-9-11/h5-9,12,14-15H,3-4,10H2,1-2H3. The number of nitrogens with one attached hydrogen (secondary N) is 2. The van der Waals surface area contributed by atoms with Gasteiger partial charge in [-0.05, 0) is 25.2 Å². The molecule has 0 saturated heterocycles. The van der Waals surface area contributed by atoms with E-state index in [-0.39, 0.29) is 12.1 Å². The van der Waals surface area contributed by atoms with Gasteiger partial charge in [-0.15, -0.1) is 0 Å². The summed E-state index contributed by atoms with van der Waals surface area (Å²) in [5.74, 6) is -0.286. The van der Waals surface area contributed by atoms with Crippen LogP contribution in [0.25, 0.3) is 0 Å². The van der Waals surface area contributed by atoms with Crippen molar-refractivity contribution in [2.45, 2.75) is 20.0 Å². The highest BCUT2D eigenvalue weighted by Gasteiger charge is 2.10. The third-order valence-corrected chi connectivity index (χ3v) is 2.29. The van der Waals surface area contributed by atoms with E-state index in [1.165, 1.54) is 0 Å². The summed E-state index contributed by atoms with van der Waals surface area (Å²) in [6.07, 6.45) is 0.0117. The van der Waals surface area contributed by atoms with Gasteiger partial charge < -0.3 is 4.74 Å². The number of hydrogen-bond donors (Lipinski definition) is 2. The minimum absolute atomic E-state index is 0.0117. The van der Waals surface area contributed by atoms with Crippen molar-refractivity contribution >= 4 is 5.97 Å². The van der Waals surface area contributed by atoms with E-state index in [9.17, 15) is 4.79 Å². The summed E-state index contributed by atoms with van der Waals surface area (Å²) in [5, 5.41) is 6.40.